The van der Waals surface area contributed by atoms with E-state index in [9.17, 15) is 14.0 Å². The molecule has 0 aliphatic carbocycles. The van der Waals surface area contributed by atoms with Gasteiger partial charge in [-0.3, -0.25) is 9.59 Å². The lowest BCUT2D eigenvalue weighted by Gasteiger charge is -2.10. The van der Waals surface area contributed by atoms with Gasteiger partial charge in [-0.1, -0.05) is 35.9 Å². The molecule has 0 bridgehead atoms. The lowest BCUT2D eigenvalue weighted by molar-refractivity contribution is 0.0946. The van der Waals surface area contributed by atoms with Gasteiger partial charge >= 0.3 is 0 Å². The van der Waals surface area contributed by atoms with Gasteiger partial charge in [0, 0.05) is 30.1 Å². The van der Waals surface area contributed by atoms with Crippen molar-refractivity contribution in [1.82, 2.24) is 15.3 Å². The summed E-state index contributed by atoms with van der Waals surface area (Å²) in [6.45, 7) is 1.91. The van der Waals surface area contributed by atoms with Crippen molar-refractivity contribution >= 4 is 17.6 Å². The Hall–Kier alpha value is -3.61. The predicted octanol–water partition coefficient (Wildman–Crippen LogP) is 3.11. The van der Waals surface area contributed by atoms with E-state index in [-0.39, 0.29) is 18.1 Å². The second kappa shape index (κ2) is 8.18. The van der Waals surface area contributed by atoms with Gasteiger partial charge in [-0.15, -0.1) is 0 Å². The molecule has 7 heteroatoms. The Morgan fingerprint density at radius 2 is 1.67 bits per heavy atom. The second-order valence-electron chi connectivity index (χ2n) is 5.85. The normalized spacial score (nSPS) is 10.3. The van der Waals surface area contributed by atoms with Crippen LogP contribution in [0.3, 0.4) is 0 Å². The summed E-state index contributed by atoms with van der Waals surface area (Å²) in [7, 11) is 0. The molecule has 0 radical (unpaired) electrons. The standard InChI is InChI=1S/C20H17FN4O2/c1-13-6-8-14(9-7-13)19(26)25-18-17(22-10-11-23-18)20(27)24-12-15-4-2-3-5-16(15)21/h2-11H,12H2,1H3,(H,24,27)(H,23,25,26). The van der Waals surface area contributed by atoms with Gasteiger partial charge in [0.1, 0.15) is 5.82 Å². The highest BCUT2D eigenvalue weighted by atomic mass is 19.1. The molecule has 1 heterocycles. The van der Waals surface area contributed by atoms with Crippen LogP contribution in [0.5, 0.6) is 0 Å². The monoisotopic (exact) mass is 364 g/mol. The molecule has 0 spiro atoms. The Bertz CT molecular complexity index is 974. The van der Waals surface area contributed by atoms with Crippen LogP contribution < -0.4 is 10.6 Å². The first-order valence-electron chi connectivity index (χ1n) is 8.25. The van der Waals surface area contributed by atoms with Gasteiger partial charge in [0.15, 0.2) is 11.5 Å². The fourth-order valence-electron chi connectivity index (χ4n) is 2.38. The minimum atomic E-state index is -0.564. The van der Waals surface area contributed by atoms with E-state index in [2.05, 4.69) is 20.6 Å². The van der Waals surface area contributed by atoms with Gasteiger partial charge in [0.2, 0.25) is 0 Å². The van der Waals surface area contributed by atoms with Gasteiger partial charge in [0.05, 0.1) is 0 Å². The van der Waals surface area contributed by atoms with E-state index >= 15 is 0 Å². The number of carbonyl (C=O) groups excluding carboxylic acids is 2. The quantitative estimate of drug-likeness (QED) is 0.729. The summed E-state index contributed by atoms with van der Waals surface area (Å²) >= 11 is 0. The van der Waals surface area contributed by atoms with E-state index in [1.807, 2.05) is 19.1 Å². The molecule has 6 nitrogen and oxygen atoms in total. The highest BCUT2D eigenvalue weighted by Gasteiger charge is 2.17. The third kappa shape index (κ3) is 4.52. The molecule has 0 saturated heterocycles. The van der Waals surface area contributed by atoms with Crippen LogP contribution in [0.2, 0.25) is 0 Å². The van der Waals surface area contributed by atoms with Crippen LogP contribution in [-0.2, 0) is 6.54 Å². The number of hydrogen-bond acceptors (Lipinski definition) is 4. The number of rotatable bonds is 5. The van der Waals surface area contributed by atoms with Crippen molar-refractivity contribution in [1.29, 1.82) is 0 Å². The molecule has 0 saturated carbocycles. The fraction of sp³-hybridized carbons (Fsp3) is 0.100. The molecule has 0 aliphatic heterocycles. The third-order valence-corrected chi connectivity index (χ3v) is 3.86. The first-order valence-corrected chi connectivity index (χ1v) is 8.25. The smallest absolute Gasteiger partial charge is 0.274 e. The molecule has 3 aromatic rings. The van der Waals surface area contributed by atoms with Crippen LogP contribution in [0, 0.1) is 12.7 Å². The van der Waals surface area contributed by atoms with Crippen LogP contribution >= 0.6 is 0 Å². The maximum Gasteiger partial charge on any atom is 0.274 e. The zero-order valence-electron chi connectivity index (χ0n) is 14.6. The zero-order valence-corrected chi connectivity index (χ0v) is 14.6. The van der Waals surface area contributed by atoms with Crippen LogP contribution in [0.1, 0.15) is 32.0 Å². The first kappa shape index (κ1) is 18.2. The lowest BCUT2D eigenvalue weighted by Crippen LogP contribution is -2.26. The summed E-state index contributed by atoms with van der Waals surface area (Å²) in [5.74, 6) is -1.34. The number of hydrogen-bond donors (Lipinski definition) is 2. The molecule has 0 fully saturated rings. The molecule has 0 unspecified atom stereocenters. The maximum absolute atomic E-state index is 13.7. The van der Waals surface area contributed by atoms with Crippen molar-refractivity contribution in [3.63, 3.8) is 0 Å². The number of anilines is 1. The van der Waals surface area contributed by atoms with Gasteiger partial charge in [-0.05, 0) is 25.1 Å². The molecule has 2 aromatic carbocycles. The van der Waals surface area contributed by atoms with Crippen molar-refractivity contribution in [2.75, 3.05) is 5.32 Å². The highest BCUT2D eigenvalue weighted by Crippen LogP contribution is 2.12. The number of nitrogens with one attached hydrogen (secondary N) is 2. The van der Waals surface area contributed by atoms with E-state index < -0.39 is 17.6 Å². The van der Waals surface area contributed by atoms with Crippen molar-refractivity contribution < 1.29 is 14.0 Å². The van der Waals surface area contributed by atoms with Gasteiger partial charge in [-0.25, -0.2) is 14.4 Å². The summed E-state index contributed by atoms with van der Waals surface area (Å²) in [5, 5.41) is 5.17. The minimum Gasteiger partial charge on any atom is -0.346 e. The number of benzene rings is 2. The number of aromatic nitrogens is 2. The Morgan fingerprint density at radius 3 is 2.41 bits per heavy atom. The van der Waals surface area contributed by atoms with Crippen molar-refractivity contribution in [3.8, 4) is 0 Å². The van der Waals surface area contributed by atoms with Crippen LogP contribution in [0.4, 0.5) is 10.2 Å². The lowest BCUT2D eigenvalue weighted by atomic mass is 10.1. The highest BCUT2D eigenvalue weighted by molar-refractivity contribution is 6.07. The van der Waals surface area contributed by atoms with Gasteiger partial charge in [0.25, 0.3) is 11.8 Å². The number of halogens is 1. The van der Waals surface area contributed by atoms with Gasteiger partial charge < -0.3 is 10.6 Å². The van der Waals surface area contributed by atoms with E-state index in [4.69, 9.17) is 0 Å². The average Bonchev–Trinajstić information content (AvgIpc) is 2.68. The molecule has 0 atom stereocenters. The number of nitrogens with zero attached hydrogens (tertiary/aromatic N) is 2. The SMILES string of the molecule is Cc1ccc(C(=O)Nc2nccnc2C(=O)NCc2ccccc2F)cc1. The van der Waals surface area contributed by atoms with E-state index in [1.54, 1.807) is 30.3 Å². The van der Waals surface area contributed by atoms with Crippen LogP contribution in [0.15, 0.2) is 60.9 Å². The van der Waals surface area contributed by atoms with Crippen molar-refractivity contribution in [2.45, 2.75) is 13.5 Å². The molecular weight excluding hydrogens is 347 g/mol. The maximum atomic E-state index is 13.7. The summed E-state index contributed by atoms with van der Waals surface area (Å²) < 4.78 is 13.7. The second-order valence-corrected chi connectivity index (χ2v) is 5.85. The third-order valence-electron chi connectivity index (χ3n) is 3.86. The Kier molecular flexibility index (Phi) is 5.51. The summed E-state index contributed by atoms with van der Waals surface area (Å²) in [4.78, 5) is 32.8. The zero-order chi connectivity index (χ0) is 19.2. The molecule has 1 aromatic heterocycles. The topological polar surface area (TPSA) is 84.0 Å². The van der Waals surface area contributed by atoms with Crippen molar-refractivity contribution in [2.24, 2.45) is 0 Å². The van der Waals surface area contributed by atoms with Gasteiger partial charge in [-0.2, -0.15) is 0 Å². The van der Waals surface area contributed by atoms with Crippen molar-refractivity contribution in [3.05, 3.63) is 89.1 Å². The molecular formula is C20H17FN4O2. The van der Waals surface area contributed by atoms with E-state index in [0.717, 1.165) is 5.56 Å². The number of aryl methyl sites for hydroxylation is 1. The fourth-order valence-corrected chi connectivity index (χ4v) is 2.38. The summed E-state index contributed by atoms with van der Waals surface area (Å²) in [6.07, 6.45) is 2.72. The molecule has 2 N–H and O–H groups in total. The van der Waals surface area contributed by atoms with Crippen LogP contribution in [0.25, 0.3) is 0 Å². The van der Waals surface area contributed by atoms with Crippen LogP contribution in [-0.4, -0.2) is 21.8 Å². The molecule has 0 aliphatic rings. The van der Waals surface area contributed by atoms with E-state index in [1.165, 1.54) is 18.5 Å². The predicted molar refractivity (Wildman–Crippen MR) is 98.7 cm³/mol. The molecule has 2 amide bonds. The first-order chi connectivity index (χ1) is 13.0. The summed E-state index contributed by atoms with van der Waals surface area (Å²) in [5.41, 5.74) is 1.76. The molecule has 27 heavy (non-hydrogen) atoms. The molecule has 3 rings (SSSR count). The molecule has 136 valence electrons. The van der Waals surface area contributed by atoms with E-state index in [0.29, 0.717) is 11.1 Å². The Labute approximate surface area is 155 Å². The Balaban J connectivity index is 1.73. The summed E-state index contributed by atoms with van der Waals surface area (Å²) in [6, 6.07) is 13.1. The number of carbonyl (C=O) groups is 2. The number of amides is 2. The average molecular weight is 364 g/mol. The largest absolute Gasteiger partial charge is 0.346 e. The Morgan fingerprint density at radius 1 is 0.963 bits per heavy atom. The minimum absolute atomic E-state index is 0.00652.